The largest absolute Gasteiger partial charge is 0.467 e. The van der Waals surface area contributed by atoms with Crippen LogP contribution in [0.25, 0.3) is 0 Å². The number of carbonyl (C=O) groups is 3. The van der Waals surface area contributed by atoms with Crippen LogP contribution in [0.3, 0.4) is 0 Å². The smallest absolute Gasteiger partial charge is 0.375 e. The molecular weight excluding hydrogens is 328 g/mol. The summed E-state index contributed by atoms with van der Waals surface area (Å²) < 4.78 is 14.7. The van der Waals surface area contributed by atoms with Crippen LogP contribution in [0.15, 0.2) is 22.8 Å². The number of unbranched alkanes of at least 4 members (excludes halogenated alkanes) is 2. The molecule has 2 atom stereocenters. The van der Waals surface area contributed by atoms with Crippen LogP contribution in [0.1, 0.15) is 57.8 Å². The molecule has 0 aliphatic rings. The summed E-state index contributed by atoms with van der Waals surface area (Å²) in [6, 6.07) is 3.42. The van der Waals surface area contributed by atoms with Crippen LogP contribution >= 0.6 is 0 Å². The standard InChI is InChI=1S/C18H26O7/c1-3-23-17(21)13(16(20)18(22)24-4-2)9-6-5-7-10-14(19)15-11-8-12-25-15/h8,11-14,19H,3-7,9-10H2,1-2H3. The van der Waals surface area contributed by atoms with Gasteiger partial charge in [0, 0.05) is 0 Å². The summed E-state index contributed by atoms with van der Waals surface area (Å²) in [5.74, 6) is -3.18. The quantitative estimate of drug-likeness (QED) is 0.266. The molecule has 0 amide bonds. The summed E-state index contributed by atoms with van der Waals surface area (Å²) in [4.78, 5) is 35.5. The maximum Gasteiger partial charge on any atom is 0.375 e. The highest BCUT2D eigenvalue weighted by atomic mass is 16.5. The number of ether oxygens (including phenoxy) is 2. The fourth-order valence-electron chi connectivity index (χ4n) is 2.43. The van der Waals surface area contributed by atoms with E-state index in [-0.39, 0.29) is 19.6 Å². The summed E-state index contributed by atoms with van der Waals surface area (Å²) in [5, 5.41) is 9.91. The Morgan fingerprint density at radius 3 is 2.36 bits per heavy atom. The molecule has 1 aromatic heterocycles. The van der Waals surface area contributed by atoms with Gasteiger partial charge in [0.1, 0.15) is 17.8 Å². The van der Waals surface area contributed by atoms with Crippen LogP contribution in [0.4, 0.5) is 0 Å². The molecule has 0 saturated carbocycles. The van der Waals surface area contributed by atoms with Crippen molar-refractivity contribution in [1.82, 2.24) is 0 Å². The van der Waals surface area contributed by atoms with Crippen LogP contribution in [-0.2, 0) is 23.9 Å². The Morgan fingerprint density at radius 2 is 1.76 bits per heavy atom. The summed E-state index contributed by atoms with van der Waals surface area (Å²) in [7, 11) is 0. The molecule has 0 bridgehead atoms. The number of esters is 2. The Kier molecular flexibility index (Phi) is 9.54. The third-order valence-electron chi connectivity index (χ3n) is 3.71. The molecule has 0 aliphatic carbocycles. The number of hydrogen-bond donors (Lipinski definition) is 1. The monoisotopic (exact) mass is 354 g/mol. The number of rotatable bonds is 12. The van der Waals surface area contributed by atoms with Crippen molar-refractivity contribution in [3.8, 4) is 0 Å². The van der Waals surface area contributed by atoms with Gasteiger partial charge in [-0.15, -0.1) is 0 Å². The number of aliphatic hydroxyl groups is 1. The molecule has 7 nitrogen and oxygen atoms in total. The number of hydrogen-bond acceptors (Lipinski definition) is 7. The van der Waals surface area contributed by atoms with Gasteiger partial charge in [-0.05, 0) is 38.8 Å². The van der Waals surface area contributed by atoms with Gasteiger partial charge >= 0.3 is 11.9 Å². The van der Waals surface area contributed by atoms with Gasteiger partial charge in [0.25, 0.3) is 5.78 Å². The van der Waals surface area contributed by atoms with Gasteiger partial charge in [0.2, 0.25) is 0 Å². The van der Waals surface area contributed by atoms with Gasteiger partial charge in [-0.1, -0.05) is 19.3 Å². The van der Waals surface area contributed by atoms with Gasteiger partial charge in [-0.2, -0.15) is 0 Å². The van der Waals surface area contributed by atoms with Crippen molar-refractivity contribution in [2.75, 3.05) is 13.2 Å². The lowest BCUT2D eigenvalue weighted by atomic mass is 9.96. The molecule has 25 heavy (non-hydrogen) atoms. The number of ketones is 1. The second-order valence-electron chi connectivity index (χ2n) is 5.56. The van der Waals surface area contributed by atoms with Gasteiger partial charge in [0.05, 0.1) is 19.5 Å². The molecule has 1 N–H and O–H groups in total. The molecular formula is C18H26O7. The highest BCUT2D eigenvalue weighted by molar-refractivity contribution is 6.37. The maximum atomic E-state index is 12.0. The number of carbonyl (C=O) groups excluding carboxylic acids is 3. The zero-order valence-electron chi connectivity index (χ0n) is 14.7. The van der Waals surface area contributed by atoms with E-state index in [1.165, 1.54) is 6.26 Å². The van der Waals surface area contributed by atoms with Crippen molar-refractivity contribution >= 4 is 17.7 Å². The number of aliphatic hydroxyl groups excluding tert-OH is 1. The molecule has 1 aromatic rings. The second-order valence-corrected chi connectivity index (χ2v) is 5.56. The third kappa shape index (κ3) is 7.09. The summed E-state index contributed by atoms with van der Waals surface area (Å²) in [6.07, 6.45) is 3.52. The molecule has 140 valence electrons. The highest BCUT2D eigenvalue weighted by Crippen LogP contribution is 2.21. The minimum Gasteiger partial charge on any atom is -0.467 e. The highest BCUT2D eigenvalue weighted by Gasteiger charge is 2.33. The molecule has 0 fully saturated rings. The molecule has 1 rings (SSSR count). The van der Waals surface area contributed by atoms with Crippen molar-refractivity contribution in [1.29, 1.82) is 0 Å². The predicted molar refractivity (Wildman–Crippen MR) is 88.5 cm³/mol. The lowest BCUT2D eigenvalue weighted by Crippen LogP contribution is -2.33. The van der Waals surface area contributed by atoms with Gasteiger partial charge in [-0.25, -0.2) is 4.79 Å². The first-order chi connectivity index (χ1) is 12.0. The summed E-state index contributed by atoms with van der Waals surface area (Å²) in [6.45, 7) is 3.44. The first-order valence-electron chi connectivity index (χ1n) is 8.60. The van der Waals surface area contributed by atoms with Crippen molar-refractivity contribution in [2.45, 2.75) is 52.1 Å². The normalized spacial score (nSPS) is 13.1. The summed E-state index contributed by atoms with van der Waals surface area (Å²) >= 11 is 0. The van der Waals surface area contributed by atoms with E-state index in [0.717, 1.165) is 0 Å². The van der Waals surface area contributed by atoms with Gasteiger partial charge < -0.3 is 19.0 Å². The van der Waals surface area contributed by atoms with E-state index in [1.807, 2.05) is 0 Å². The molecule has 1 heterocycles. The fraction of sp³-hybridized carbons (Fsp3) is 0.611. The summed E-state index contributed by atoms with van der Waals surface area (Å²) in [5.41, 5.74) is 0. The molecule has 0 aromatic carbocycles. The van der Waals surface area contributed by atoms with Crippen molar-refractivity contribution in [3.63, 3.8) is 0 Å². The van der Waals surface area contributed by atoms with Crippen LogP contribution in [0, 0.1) is 5.92 Å². The molecule has 0 spiro atoms. The topological polar surface area (TPSA) is 103 Å². The Bertz CT molecular complexity index is 536. The van der Waals surface area contributed by atoms with Crippen LogP contribution < -0.4 is 0 Å². The Hall–Kier alpha value is -2.15. The molecule has 2 unspecified atom stereocenters. The van der Waals surface area contributed by atoms with Crippen LogP contribution in [0.5, 0.6) is 0 Å². The fourth-order valence-corrected chi connectivity index (χ4v) is 2.43. The van der Waals surface area contributed by atoms with Crippen LogP contribution in [0.2, 0.25) is 0 Å². The average molecular weight is 354 g/mol. The van der Waals surface area contributed by atoms with E-state index in [9.17, 15) is 19.5 Å². The lowest BCUT2D eigenvalue weighted by molar-refractivity contribution is -0.162. The van der Waals surface area contributed by atoms with Crippen molar-refractivity contribution in [2.24, 2.45) is 5.92 Å². The van der Waals surface area contributed by atoms with Crippen molar-refractivity contribution in [3.05, 3.63) is 24.2 Å². The van der Waals surface area contributed by atoms with Gasteiger partial charge in [0.15, 0.2) is 0 Å². The first kappa shape index (κ1) is 20.9. The SMILES string of the molecule is CCOC(=O)C(=O)C(CCCCCC(O)c1ccco1)C(=O)OCC. The van der Waals surface area contributed by atoms with Gasteiger partial charge in [-0.3, -0.25) is 9.59 Å². The van der Waals surface area contributed by atoms with E-state index in [4.69, 9.17) is 9.15 Å². The zero-order valence-corrected chi connectivity index (χ0v) is 14.7. The van der Waals surface area contributed by atoms with Crippen molar-refractivity contribution < 1.29 is 33.4 Å². The van der Waals surface area contributed by atoms with E-state index in [0.29, 0.717) is 31.4 Å². The van der Waals surface area contributed by atoms with E-state index >= 15 is 0 Å². The maximum absolute atomic E-state index is 12.0. The van der Waals surface area contributed by atoms with Crippen LogP contribution in [-0.4, -0.2) is 36.0 Å². The third-order valence-corrected chi connectivity index (χ3v) is 3.71. The number of furan rings is 1. The Morgan fingerprint density at radius 1 is 1.08 bits per heavy atom. The zero-order chi connectivity index (χ0) is 18.7. The molecule has 7 heteroatoms. The lowest BCUT2D eigenvalue weighted by Gasteiger charge is -2.14. The number of Topliss-reactive ketones (excluding diaryl/α,β-unsaturated/α-hetero) is 1. The second kappa shape index (κ2) is 11.4. The molecule has 0 saturated heterocycles. The van der Waals surface area contributed by atoms with E-state index in [2.05, 4.69) is 4.74 Å². The van der Waals surface area contributed by atoms with E-state index < -0.39 is 29.7 Å². The Labute approximate surface area is 147 Å². The minimum absolute atomic E-state index is 0.0742. The molecule has 0 aliphatic heterocycles. The Balaban J connectivity index is 2.42. The predicted octanol–water partition coefficient (Wildman–Crippen LogP) is 2.58. The minimum atomic E-state index is -1.13. The molecule has 0 radical (unpaired) electrons. The first-order valence-corrected chi connectivity index (χ1v) is 8.60. The van der Waals surface area contributed by atoms with E-state index in [1.54, 1.807) is 26.0 Å². The average Bonchev–Trinajstić information content (AvgIpc) is 3.12.